The van der Waals surface area contributed by atoms with Crippen molar-refractivity contribution in [1.29, 1.82) is 0 Å². The van der Waals surface area contributed by atoms with E-state index in [1.54, 1.807) is 0 Å². The van der Waals surface area contributed by atoms with Crippen LogP contribution < -0.4 is 10.1 Å². The smallest absolute Gasteiger partial charge is 0.235 e. The van der Waals surface area contributed by atoms with Crippen molar-refractivity contribution in [1.82, 2.24) is 4.90 Å². The molecular formula is C27H36N2O2. The van der Waals surface area contributed by atoms with Crippen LogP contribution in [0.25, 0.3) is 0 Å². The summed E-state index contributed by atoms with van der Waals surface area (Å²) >= 11 is 0. The van der Waals surface area contributed by atoms with Gasteiger partial charge in [-0.25, -0.2) is 0 Å². The summed E-state index contributed by atoms with van der Waals surface area (Å²) in [5, 5.41) is 3.19. The highest BCUT2D eigenvalue weighted by atomic mass is 16.5. The number of anilines is 1. The minimum atomic E-state index is -0.414. The molecule has 4 rings (SSSR count). The fourth-order valence-electron chi connectivity index (χ4n) is 5.11. The minimum absolute atomic E-state index is 0.119. The van der Waals surface area contributed by atoms with Gasteiger partial charge in [0.15, 0.2) is 0 Å². The van der Waals surface area contributed by atoms with Crippen LogP contribution in [-0.2, 0) is 10.2 Å². The Morgan fingerprint density at radius 1 is 0.871 bits per heavy atom. The minimum Gasteiger partial charge on any atom is -0.494 e. The summed E-state index contributed by atoms with van der Waals surface area (Å²) in [6, 6.07) is 18.1. The summed E-state index contributed by atoms with van der Waals surface area (Å²) in [5.74, 6) is 0.987. The molecule has 0 spiro atoms. The van der Waals surface area contributed by atoms with E-state index in [9.17, 15) is 4.79 Å². The van der Waals surface area contributed by atoms with Gasteiger partial charge in [0, 0.05) is 12.2 Å². The van der Waals surface area contributed by atoms with Crippen LogP contribution in [0, 0.1) is 0 Å². The molecule has 0 unspecified atom stereocenters. The van der Waals surface area contributed by atoms with Crippen molar-refractivity contribution in [2.75, 3.05) is 31.6 Å². The van der Waals surface area contributed by atoms with Gasteiger partial charge in [0.05, 0.1) is 12.0 Å². The van der Waals surface area contributed by atoms with Gasteiger partial charge in [-0.05, 0) is 75.0 Å². The van der Waals surface area contributed by atoms with Gasteiger partial charge in [0.2, 0.25) is 5.91 Å². The van der Waals surface area contributed by atoms with Gasteiger partial charge in [-0.3, -0.25) is 4.79 Å². The fraction of sp³-hybridized carbons (Fsp3) is 0.519. The van der Waals surface area contributed by atoms with Crippen LogP contribution in [0.15, 0.2) is 54.6 Å². The van der Waals surface area contributed by atoms with E-state index in [0.717, 1.165) is 62.3 Å². The maximum atomic E-state index is 13.4. The largest absolute Gasteiger partial charge is 0.494 e. The molecule has 1 aliphatic carbocycles. The first-order chi connectivity index (χ1) is 15.3. The molecule has 4 heteroatoms. The Morgan fingerprint density at radius 3 is 2.26 bits per heavy atom. The maximum absolute atomic E-state index is 13.4. The number of carbonyl (C=O) groups is 1. The van der Waals surface area contributed by atoms with Crippen molar-refractivity contribution in [3.8, 4) is 5.75 Å². The molecule has 0 aromatic heterocycles. The van der Waals surface area contributed by atoms with E-state index in [1.807, 2.05) is 42.5 Å². The standard InChI is InChI=1S/C27H36N2O2/c30-26(27(17-6-2-7-18-27)23-11-4-1-5-12-23)28-24-13-15-25(16-14-24)31-22-10-21-29-19-8-3-9-20-29/h1,4-5,11-16H,2-3,6-10,17-22H2,(H,28,30). The normalized spacial score (nSPS) is 19.0. The van der Waals surface area contributed by atoms with E-state index in [2.05, 4.69) is 22.3 Å². The van der Waals surface area contributed by atoms with Crippen LogP contribution in [0.2, 0.25) is 0 Å². The number of hydrogen-bond acceptors (Lipinski definition) is 3. The molecule has 2 aliphatic rings. The third kappa shape index (κ3) is 5.68. The molecule has 1 heterocycles. The van der Waals surface area contributed by atoms with E-state index in [1.165, 1.54) is 38.8 Å². The summed E-state index contributed by atoms with van der Waals surface area (Å²) in [6.07, 6.45) is 10.4. The van der Waals surface area contributed by atoms with E-state index in [4.69, 9.17) is 4.74 Å². The molecule has 1 saturated heterocycles. The molecular weight excluding hydrogens is 384 g/mol. The maximum Gasteiger partial charge on any atom is 0.235 e. The van der Waals surface area contributed by atoms with Gasteiger partial charge < -0.3 is 15.0 Å². The number of hydrogen-bond donors (Lipinski definition) is 1. The molecule has 2 fully saturated rings. The molecule has 1 saturated carbocycles. The summed E-state index contributed by atoms with van der Waals surface area (Å²) < 4.78 is 5.92. The number of rotatable bonds is 8. The van der Waals surface area contributed by atoms with Crippen LogP contribution in [0.3, 0.4) is 0 Å². The third-order valence-electron chi connectivity index (χ3n) is 6.92. The second-order valence-corrected chi connectivity index (χ2v) is 9.09. The molecule has 4 nitrogen and oxygen atoms in total. The van der Waals surface area contributed by atoms with Gasteiger partial charge in [0.25, 0.3) is 0 Å². The van der Waals surface area contributed by atoms with Crippen LogP contribution >= 0.6 is 0 Å². The quantitative estimate of drug-likeness (QED) is 0.550. The summed E-state index contributed by atoms with van der Waals surface area (Å²) in [4.78, 5) is 15.9. The highest BCUT2D eigenvalue weighted by molar-refractivity contribution is 5.99. The molecule has 0 bridgehead atoms. The number of ether oxygens (including phenoxy) is 1. The molecule has 1 amide bonds. The monoisotopic (exact) mass is 420 g/mol. The van der Waals surface area contributed by atoms with E-state index < -0.39 is 5.41 Å². The Bertz CT molecular complexity index is 807. The first kappa shape index (κ1) is 21.9. The SMILES string of the molecule is O=C(Nc1ccc(OCCCN2CCCCC2)cc1)C1(c2ccccc2)CCCCC1. The lowest BCUT2D eigenvalue weighted by atomic mass is 9.68. The average molecular weight is 421 g/mol. The second kappa shape index (κ2) is 10.8. The number of carbonyl (C=O) groups excluding carboxylic acids is 1. The Labute approximate surface area is 187 Å². The summed E-state index contributed by atoms with van der Waals surface area (Å²) in [7, 11) is 0. The van der Waals surface area contributed by atoms with Gasteiger partial charge in [0.1, 0.15) is 5.75 Å². The highest BCUT2D eigenvalue weighted by Crippen LogP contribution is 2.40. The molecule has 1 N–H and O–H groups in total. The van der Waals surface area contributed by atoms with Gasteiger partial charge in [-0.1, -0.05) is 56.0 Å². The van der Waals surface area contributed by atoms with E-state index in [0.29, 0.717) is 0 Å². The lowest BCUT2D eigenvalue weighted by Crippen LogP contribution is -2.42. The third-order valence-corrected chi connectivity index (χ3v) is 6.92. The fourth-order valence-corrected chi connectivity index (χ4v) is 5.11. The van der Waals surface area contributed by atoms with Crippen molar-refractivity contribution in [2.45, 2.75) is 63.2 Å². The second-order valence-electron chi connectivity index (χ2n) is 9.09. The number of benzene rings is 2. The Hall–Kier alpha value is -2.33. The Morgan fingerprint density at radius 2 is 1.55 bits per heavy atom. The van der Waals surface area contributed by atoms with Crippen LogP contribution in [0.4, 0.5) is 5.69 Å². The molecule has 0 atom stereocenters. The first-order valence-corrected chi connectivity index (χ1v) is 12.1. The van der Waals surface area contributed by atoms with Crippen LogP contribution in [-0.4, -0.2) is 37.0 Å². The van der Waals surface area contributed by atoms with Crippen molar-refractivity contribution >= 4 is 11.6 Å². The number of piperidine rings is 1. The summed E-state index contributed by atoms with van der Waals surface area (Å²) in [5.41, 5.74) is 1.57. The average Bonchev–Trinajstić information content (AvgIpc) is 2.84. The zero-order valence-corrected chi connectivity index (χ0v) is 18.7. The Kier molecular flexibility index (Phi) is 7.63. The summed E-state index contributed by atoms with van der Waals surface area (Å²) in [6.45, 7) is 4.33. The topological polar surface area (TPSA) is 41.6 Å². The van der Waals surface area contributed by atoms with Crippen molar-refractivity contribution in [3.63, 3.8) is 0 Å². The number of likely N-dealkylation sites (tertiary alicyclic amines) is 1. The van der Waals surface area contributed by atoms with Crippen LogP contribution in [0.5, 0.6) is 5.75 Å². The lowest BCUT2D eigenvalue weighted by Gasteiger charge is -2.36. The molecule has 166 valence electrons. The van der Waals surface area contributed by atoms with Gasteiger partial charge in [-0.15, -0.1) is 0 Å². The zero-order valence-electron chi connectivity index (χ0n) is 18.7. The Balaban J connectivity index is 1.30. The van der Waals surface area contributed by atoms with Crippen molar-refractivity contribution in [2.24, 2.45) is 0 Å². The van der Waals surface area contributed by atoms with E-state index in [-0.39, 0.29) is 5.91 Å². The molecule has 0 radical (unpaired) electrons. The predicted octanol–water partition coefficient (Wildman–Crippen LogP) is 5.78. The van der Waals surface area contributed by atoms with Crippen molar-refractivity contribution in [3.05, 3.63) is 60.2 Å². The molecule has 2 aromatic rings. The molecule has 1 aliphatic heterocycles. The lowest BCUT2D eigenvalue weighted by molar-refractivity contribution is -0.122. The predicted molar refractivity (Wildman–Crippen MR) is 127 cm³/mol. The first-order valence-electron chi connectivity index (χ1n) is 12.1. The highest BCUT2D eigenvalue weighted by Gasteiger charge is 2.40. The molecule has 31 heavy (non-hydrogen) atoms. The zero-order chi connectivity index (χ0) is 21.4. The van der Waals surface area contributed by atoms with Crippen LogP contribution in [0.1, 0.15) is 63.4 Å². The number of amides is 1. The van der Waals surface area contributed by atoms with E-state index >= 15 is 0 Å². The number of nitrogens with zero attached hydrogens (tertiary/aromatic N) is 1. The number of nitrogens with one attached hydrogen (secondary N) is 1. The van der Waals surface area contributed by atoms with Crippen molar-refractivity contribution < 1.29 is 9.53 Å². The van der Waals surface area contributed by atoms with Gasteiger partial charge >= 0.3 is 0 Å². The molecule has 2 aromatic carbocycles. The van der Waals surface area contributed by atoms with Gasteiger partial charge in [-0.2, -0.15) is 0 Å².